The molecule has 6 nitrogen and oxygen atoms in total. The highest BCUT2D eigenvalue weighted by atomic mass is 32.2. The summed E-state index contributed by atoms with van der Waals surface area (Å²) in [6.07, 6.45) is 0.609. The fourth-order valence-electron chi connectivity index (χ4n) is 2.34. The number of furan rings is 1. The van der Waals surface area contributed by atoms with Gasteiger partial charge in [0.05, 0.1) is 11.2 Å². The van der Waals surface area contributed by atoms with Gasteiger partial charge >= 0.3 is 0 Å². The van der Waals surface area contributed by atoms with Gasteiger partial charge in [0.2, 0.25) is 10.0 Å². The maximum atomic E-state index is 12.4. The topological polar surface area (TPSA) is 96.6 Å². The van der Waals surface area contributed by atoms with Crippen molar-refractivity contribution in [1.29, 1.82) is 0 Å². The molecular weight excluding hydrogens is 374 g/mol. The Bertz CT molecular complexity index is 989. The summed E-state index contributed by atoms with van der Waals surface area (Å²) in [6.45, 7) is 1.53. The molecule has 1 unspecified atom stereocenters. The molecule has 0 spiro atoms. The number of hydrogen-bond donors (Lipinski definition) is 2. The number of sulfonamides is 1. The Morgan fingerprint density at radius 2 is 1.92 bits per heavy atom. The van der Waals surface area contributed by atoms with Crippen molar-refractivity contribution in [2.24, 2.45) is 0 Å². The number of aliphatic hydroxyl groups excluding tert-OH is 1. The van der Waals surface area contributed by atoms with E-state index in [-0.39, 0.29) is 17.2 Å². The summed E-state index contributed by atoms with van der Waals surface area (Å²) in [7, 11) is -3.69. The van der Waals surface area contributed by atoms with Crippen LogP contribution in [0.5, 0.6) is 0 Å². The molecule has 8 heteroatoms. The van der Waals surface area contributed by atoms with Crippen LogP contribution in [-0.4, -0.2) is 19.3 Å². The zero-order chi connectivity index (χ0) is 18.7. The van der Waals surface area contributed by atoms with E-state index < -0.39 is 16.1 Å². The number of aliphatic hydroxyl groups is 1. The van der Waals surface area contributed by atoms with Gasteiger partial charge in [-0.15, -0.1) is 11.3 Å². The van der Waals surface area contributed by atoms with Gasteiger partial charge in [-0.05, 0) is 43.3 Å². The van der Waals surface area contributed by atoms with Crippen LogP contribution in [0.3, 0.4) is 0 Å². The third-order valence-electron chi connectivity index (χ3n) is 3.77. The van der Waals surface area contributed by atoms with Crippen molar-refractivity contribution in [3.05, 3.63) is 75.9 Å². The number of ketones is 1. The van der Waals surface area contributed by atoms with E-state index in [2.05, 4.69) is 4.72 Å². The molecular formula is C18H17NO5S2. The minimum absolute atomic E-state index is 0.0925. The number of hydrogen-bond acceptors (Lipinski definition) is 6. The molecule has 2 aromatic heterocycles. The highest BCUT2D eigenvalue weighted by Gasteiger charge is 2.18. The number of Topliss-reactive ketones (excluding diaryl/α,β-unsaturated/α-hetero) is 1. The van der Waals surface area contributed by atoms with E-state index in [1.165, 1.54) is 48.8 Å². The van der Waals surface area contributed by atoms with Crippen LogP contribution >= 0.6 is 11.3 Å². The summed E-state index contributed by atoms with van der Waals surface area (Å²) in [6, 6.07) is 12.6. The number of rotatable bonds is 7. The normalized spacial score (nSPS) is 12.8. The minimum atomic E-state index is -3.69. The first-order valence-corrected chi connectivity index (χ1v) is 10.1. The molecule has 0 amide bonds. The molecule has 26 heavy (non-hydrogen) atoms. The van der Waals surface area contributed by atoms with Gasteiger partial charge in [0.25, 0.3) is 0 Å². The highest BCUT2D eigenvalue weighted by molar-refractivity contribution is 7.89. The van der Waals surface area contributed by atoms with Crippen molar-refractivity contribution in [1.82, 2.24) is 4.72 Å². The Labute approximate surface area is 155 Å². The van der Waals surface area contributed by atoms with Crippen molar-refractivity contribution in [2.75, 3.05) is 0 Å². The second-order valence-corrected chi connectivity index (χ2v) is 8.59. The van der Waals surface area contributed by atoms with Crippen LogP contribution in [-0.2, 0) is 16.6 Å². The van der Waals surface area contributed by atoms with E-state index in [0.717, 1.165) is 4.88 Å². The average Bonchev–Trinajstić information content (AvgIpc) is 3.31. The second kappa shape index (κ2) is 7.55. The molecule has 0 aliphatic heterocycles. The zero-order valence-electron chi connectivity index (χ0n) is 13.9. The van der Waals surface area contributed by atoms with Crippen LogP contribution in [0.25, 0.3) is 0 Å². The summed E-state index contributed by atoms with van der Waals surface area (Å²) in [4.78, 5) is 12.8. The molecule has 0 bridgehead atoms. The number of carbonyl (C=O) groups is 1. The number of carbonyl (C=O) groups excluding carboxylic acids is 1. The summed E-state index contributed by atoms with van der Waals surface area (Å²) in [5.74, 6) is 0.313. The molecule has 136 valence electrons. The van der Waals surface area contributed by atoms with Crippen LogP contribution in [0.1, 0.15) is 38.9 Å². The predicted molar refractivity (Wildman–Crippen MR) is 97.6 cm³/mol. The minimum Gasteiger partial charge on any atom is -0.466 e. The molecule has 0 saturated carbocycles. The fraction of sp³-hybridized carbons (Fsp3) is 0.167. The lowest BCUT2D eigenvalue weighted by Gasteiger charge is -2.06. The monoisotopic (exact) mass is 391 g/mol. The van der Waals surface area contributed by atoms with E-state index in [9.17, 15) is 18.3 Å². The van der Waals surface area contributed by atoms with Gasteiger partial charge < -0.3 is 9.52 Å². The van der Waals surface area contributed by atoms with Crippen LogP contribution < -0.4 is 4.72 Å². The fourth-order valence-corrected chi connectivity index (χ4v) is 4.39. The van der Waals surface area contributed by atoms with E-state index in [1.54, 1.807) is 24.3 Å². The average molecular weight is 391 g/mol. The third kappa shape index (κ3) is 4.10. The van der Waals surface area contributed by atoms with Gasteiger partial charge in [-0.1, -0.05) is 12.1 Å². The van der Waals surface area contributed by atoms with Crippen LogP contribution in [0.4, 0.5) is 0 Å². The summed E-state index contributed by atoms with van der Waals surface area (Å²) in [5.41, 5.74) is 0.457. The smallest absolute Gasteiger partial charge is 0.240 e. The van der Waals surface area contributed by atoms with E-state index >= 15 is 0 Å². The summed E-state index contributed by atoms with van der Waals surface area (Å²) < 4.78 is 32.4. The van der Waals surface area contributed by atoms with Crippen LogP contribution in [0.15, 0.2) is 64.1 Å². The number of nitrogens with one attached hydrogen (secondary N) is 1. The van der Waals surface area contributed by atoms with Crippen LogP contribution in [0, 0.1) is 0 Å². The first-order chi connectivity index (χ1) is 12.4. The Morgan fingerprint density at radius 3 is 2.54 bits per heavy atom. The molecule has 0 fully saturated rings. The quantitative estimate of drug-likeness (QED) is 0.603. The molecule has 0 radical (unpaired) electrons. The molecule has 1 atom stereocenters. The third-order valence-corrected chi connectivity index (χ3v) is 6.33. The standard InChI is InChI=1S/C18H17NO5S2/c1-12(20)13-4-7-15(8-5-13)26(22,23)19-11-14-6-9-17(25-14)18(21)16-3-2-10-24-16/h2-10,18-19,21H,11H2,1H3. The Kier molecular flexibility index (Phi) is 5.38. The first-order valence-electron chi connectivity index (χ1n) is 7.77. The lowest BCUT2D eigenvalue weighted by Crippen LogP contribution is -2.22. The zero-order valence-corrected chi connectivity index (χ0v) is 15.5. The molecule has 3 rings (SSSR count). The molecule has 3 aromatic rings. The van der Waals surface area contributed by atoms with Gasteiger partial charge in [0.15, 0.2) is 5.78 Å². The lowest BCUT2D eigenvalue weighted by molar-refractivity contribution is 0.101. The van der Waals surface area contributed by atoms with Crippen molar-refractivity contribution in [3.8, 4) is 0 Å². The largest absolute Gasteiger partial charge is 0.466 e. The second-order valence-electron chi connectivity index (χ2n) is 5.63. The molecule has 2 heterocycles. The van der Waals surface area contributed by atoms with Crippen molar-refractivity contribution in [3.63, 3.8) is 0 Å². The maximum absolute atomic E-state index is 12.4. The van der Waals surface area contributed by atoms with Gasteiger partial charge in [-0.2, -0.15) is 0 Å². The predicted octanol–water partition coefficient (Wildman–Crippen LogP) is 3.10. The van der Waals surface area contributed by atoms with Crippen molar-refractivity contribution >= 4 is 27.1 Å². The number of benzene rings is 1. The Hall–Kier alpha value is -2.26. The number of thiophene rings is 1. The highest BCUT2D eigenvalue weighted by Crippen LogP contribution is 2.28. The first kappa shape index (κ1) is 18.5. The van der Waals surface area contributed by atoms with Crippen LogP contribution in [0.2, 0.25) is 0 Å². The van der Waals surface area contributed by atoms with Crippen molar-refractivity contribution in [2.45, 2.75) is 24.5 Å². The molecule has 0 aliphatic rings. The lowest BCUT2D eigenvalue weighted by atomic mass is 10.2. The summed E-state index contributed by atoms with van der Waals surface area (Å²) >= 11 is 1.30. The van der Waals surface area contributed by atoms with Gasteiger partial charge in [-0.3, -0.25) is 4.79 Å². The molecule has 1 aromatic carbocycles. The maximum Gasteiger partial charge on any atom is 0.240 e. The van der Waals surface area contributed by atoms with Gasteiger partial charge in [0, 0.05) is 21.9 Å². The Morgan fingerprint density at radius 1 is 1.19 bits per heavy atom. The van der Waals surface area contributed by atoms with Gasteiger partial charge in [-0.25, -0.2) is 13.1 Å². The van der Waals surface area contributed by atoms with E-state index in [1.807, 2.05) is 0 Å². The molecule has 0 aliphatic carbocycles. The molecule has 2 N–H and O–H groups in total. The van der Waals surface area contributed by atoms with Crippen molar-refractivity contribution < 1.29 is 22.7 Å². The SMILES string of the molecule is CC(=O)c1ccc(S(=O)(=O)NCc2ccc(C(O)c3ccco3)s2)cc1. The summed E-state index contributed by atoms with van der Waals surface area (Å²) in [5, 5.41) is 10.2. The molecule has 0 saturated heterocycles. The Balaban J connectivity index is 1.67. The van der Waals surface area contributed by atoms with E-state index in [4.69, 9.17) is 4.42 Å². The van der Waals surface area contributed by atoms with E-state index in [0.29, 0.717) is 16.2 Å². The van der Waals surface area contributed by atoms with Gasteiger partial charge in [0.1, 0.15) is 11.9 Å².